The molecule has 2 nitrogen and oxygen atoms in total. The second-order valence-corrected chi connectivity index (χ2v) is 6.14. The third kappa shape index (κ3) is 3.76. The number of alkyl halides is 3. The molecule has 0 radical (unpaired) electrons. The van der Waals surface area contributed by atoms with Crippen LogP contribution in [0.2, 0.25) is 0 Å². The van der Waals surface area contributed by atoms with E-state index in [9.17, 15) is 23.1 Å². The molecule has 0 aromatic heterocycles. The smallest absolute Gasteiger partial charge is 0.416 e. The van der Waals surface area contributed by atoms with Crippen LogP contribution in [0.4, 0.5) is 13.2 Å². The summed E-state index contributed by atoms with van der Waals surface area (Å²) in [5.74, 6) is -1.24. The Morgan fingerprint density at radius 3 is 2.36 bits per heavy atom. The van der Waals surface area contributed by atoms with E-state index in [-0.39, 0.29) is 11.1 Å². The molecule has 0 saturated heterocycles. The molecule has 3 rings (SSSR count). The van der Waals surface area contributed by atoms with Gasteiger partial charge >= 0.3 is 12.1 Å². The first-order valence-electron chi connectivity index (χ1n) is 8.09. The van der Waals surface area contributed by atoms with Crippen molar-refractivity contribution < 1.29 is 23.1 Å². The Labute approximate surface area is 143 Å². The zero-order valence-corrected chi connectivity index (χ0v) is 13.4. The van der Waals surface area contributed by atoms with Crippen LogP contribution in [0.15, 0.2) is 42.5 Å². The molecule has 0 bridgehead atoms. The molecule has 0 spiro atoms. The largest absolute Gasteiger partial charge is 0.478 e. The zero-order valence-electron chi connectivity index (χ0n) is 13.4. The summed E-state index contributed by atoms with van der Waals surface area (Å²) >= 11 is 0. The first-order chi connectivity index (χ1) is 11.9. The van der Waals surface area contributed by atoms with E-state index in [0.29, 0.717) is 5.56 Å². The van der Waals surface area contributed by atoms with Crippen LogP contribution >= 0.6 is 0 Å². The lowest BCUT2D eigenvalue weighted by Crippen LogP contribution is -2.08. The van der Waals surface area contributed by atoms with Gasteiger partial charge in [0.2, 0.25) is 0 Å². The Balaban J connectivity index is 2.09. The Hall–Kier alpha value is -2.56. The Morgan fingerprint density at radius 2 is 1.68 bits per heavy atom. The lowest BCUT2D eigenvalue weighted by molar-refractivity contribution is -0.137. The second-order valence-electron chi connectivity index (χ2n) is 6.14. The number of rotatable bonds is 3. The monoisotopic (exact) mass is 346 g/mol. The molecule has 130 valence electrons. The van der Waals surface area contributed by atoms with Crippen LogP contribution in [0.1, 0.15) is 40.7 Å². The summed E-state index contributed by atoms with van der Waals surface area (Å²) < 4.78 is 39.5. The van der Waals surface area contributed by atoms with Crippen molar-refractivity contribution in [3.8, 4) is 0 Å². The third-order valence-electron chi connectivity index (χ3n) is 4.46. The maximum Gasteiger partial charge on any atom is 0.416 e. The summed E-state index contributed by atoms with van der Waals surface area (Å²) in [5, 5.41) is 9.54. The highest BCUT2D eigenvalue weighted by atomic mass is 19.4. The standard InChI is InChI=1S/C20H17F3O2/c21-20(22,23)18-8-4-3-7-16(18)12-17(19(24)25)15-10-9-13-5-1-2-6-14(13)11-15/h3-4,7-12H,1-2,5-6H2,(H,24,25)/b17-12-. The Bertz CT molecular complexity index is 835. The van der Waals surface area contributed by atoms with Gasteiger partial charge < -0.3 is 5.11 Å². The van der Waals surface area contributed by atoms with Gasteiger partial charge in [-0.1, -0.05) is 36.4 Å². The number of fused-ring (bicyclic) bond motifs is 1. The summed E-state index contributed by atoms with van der Waals surface area (Å²) in [7, 11) is 0. The molecule has 5 heteroatoms. The van der Waals surface area contributed by atoms with Gasteiger partial charge in [-0.05, 0) is 60.1 Å². The summed E-state index contributed by atoms with van der Waals surface area (Å²) in [6.45, 7) is 0. The molecule has 1 aliphatic rings. The minimum atomic E-state index is -4.54. The van der Waals surface area contributed by atoms with Crippen LogP contribution in [-0.2, 0) is 23.8 Å². The average Bonchev–Trinajstić information content (AvgIpc) is 2.58. The lowest BCUT2D eigenvalue weighted by Gasteiger charge is -2.17. The van der Waals surface area contributed by atoms with Gasteiger partial charge in [-0.25, -0.2) is 4.79 Å². The number of hydrogen-bond acceptors (Lipinski definition) is 1. The van der Waals surface area contributed by atoms with Gasteiger partial charge in [-0.15, -0.1) is 0 Å². The van der Waals surface area contributed by atoms with Crippen molar-refractivity contribution in [2.75, 3.05) is 0 Å². The molecule has 0 heterocycles. The van der Waals surface area contributed by atoms with Gasteiger partial charge in [0, 0.05) is 0 Å². The maximum atomic E-state index is 13.2. The summed E-state index contributed by atoms with van der Waals surface area (Å²) in [6.07, 6.45) is 0.544. The van der Waals surface area contributed by atoms with Crippen molar-refractivity contribution in [1.82, 2.24) is 0 Å². The van der Waals surface area contributed by atoms with Gasteiger partial charge in [0.15, 0.2) is 0 Å². The van der Waals surface area contributed by atoms with Gasteiger partial charge in [0.05, 0.1) is 11.1 Å². The van der Waals surface area contributed by atoms with Crippen molar-refractivity contribution in [2.24, 2.45) is 0 Å². The highest BCUT2D eigenvalue weighted by molar-refractivity contribution is 6.20. The molecule has 0 fully saturated rings. The van der Waals surface area contributed by atoms with Crippen molar-refractivity contribution in [1.29, 1.82) is 0 Å². The van der Waals surface area contributed by atoms with E-state index in [1.54, 1.807) is 12.1 Å². The molecule has 0 saturated carbocycles. The first kappa shape index (κ1) is 17.3. The van der Waals surface area contributed by atoms with Crippen molar-refractivity contribution in [3.05, 3.63) is 70.3 Å². The number of benzene rings is 2. The summed E-state index contributed by atoms with van der Waals surface area (Å²) in [4.78, 5) is 11.7. The van der Waals surface area contributed by atoms with E-state index >= 15 is 0 Å². The van der Waals surface area contributed by atoms with Gasteiger partial charge in [0.1, 0.15) is 0 Å². The highest BCUT2D eigenvalue weighted by Gasteiger charge is 2.32. The molecule has 2 aromatic rings. The highest BCUT2D eigenvalue weighted by Crippen LogP contribution is 2.34. The number of aliphatic carboxylic acids is 1. The molecule has 1 N–H and O–H groups in total. The molecule has 2 aromatic carbocycles. The van der Waals surface area contributed by atoms with Crippen LogP contribution in [-0.4, -0.2) is 11.1 Å². The van der Waals surface area contributed by atoms with Crippen LogP contribution in [0.25, 0.3) is 11.6 Å². The van der Waals surface area contributed by atoms with E-state index in [0.717, 1.165) is 43.4 Å². The fourth-order valence-corrected chi connectivity index (χ4v) is 3.21. The number of halogens is 3. The third-order valence-corrected chi connectivity index (χ3v) is 4.46. The van der Waals surface area contributed by atoms with E-state index in [1.165, 1.54) is 23.8 Å². The molecular weight excluding hydrogens is 329 g/mol. The minimum Gasteiger partial charge on any atom is -0.478 e. The number of carboxylic acid groups (broad SMARTS) is 1. The molecule has 0 amide bonds. The fourth-order valence-electron chi connectivity index (χ4n) is 3.21. The second kappa shape index (κ2) is 6.75. The van der Waals surface area contributed by atoms with Crippen LogP contribution in [0, 0.1) is 0 Å². The SMILES string of the molecule is O=C(O)/C(=C\c1ccccc1C(F)(F)F)c1ccc2c(c1)CCCC2. The number of carboxylic acids is 1. The average molecular weight is 346 g/mol. The lowest BCUT2D eigenvalue weighted by atomic mass is 9.88. The van der Waals surface area contributed by atoms with Crippen LogP contribution < -0.4 is 0 Å². The van der Waals surface area contributed by atoms with E-state index in [4.69, 9.17) is 0 Å². The van der Waals surface area contributed by atoms with Crippen LogP contribution in [0.3, 0.4) is 0 Å². The fraction of sp³-hybridized carbons (Fsp3) is 0.250. The van der Waals surface area contributed by atoms with Crippen LogP contribution in [0.5, 0.6) is 0 Å². The number of aryl methyl sites for hydroxylation is 2. The molecule has 1 aliphatic carbocycles. The molecule has 25 heavy (non-hydrogen) atoms. The molecule has 0 unspecified atom stereocenters. The van der Waals surface area contributed by atoms with Gasteiger partial charge in [0.25, 0.3) is 0 Å². The summed E-state index contributed by atoms with van der Waals surface area (Å²) in [5.41, 5.74) is 1.59. The normalized spacial score (nSPS) is 14.9. The molecular formula is C20H17F3O2. The van der Waals surface area contributed by atoms with E-state index < -0.39 is 17.7 Å². The summed E-state index contributed by atoms with van der Waals surface area (Å²) in [6, 6.07) is 10.4. The zero-order chi connectivity index (χ0) is 18.0. The van der Waals surface area contributed by atoms with Crippen molar-refractivity contribution >= 4 is 17.6 Å². The quantitative estimate of drug-likeness (QED) is 0.612. The Morgan fingerprint density at radius 1 is 1.00 bits per heavy atom. The van der Waals surface area contributed by atoms with Crippen molar-refractivity contribution in [3.63, 3.8) is 0 Å². The van der Waals surface area contributed by atoms with Crippen molar-refractivity contribution in [2.45, 2.75) is 31.9 Å². The first-order valence-corrected chi connectivity index (χ1v) is 8.09. The van der Waals surface area contributed by atoms with E-state index in [2.05, 4.69) is 0 Å². The maximum absolute atomic E-state index is 13.2. The number of carbonyl (C=O) groups is 1. The predicted octanol–water partition coefficient (Wildman–Crippen LogP) is 5.21. The molecule has 0 aliphatic heterocycles. The molecule has 0 atom stereocenters. The van der Waals surface area contributed by atoms with E-state index in [1.807, 2.05) is 6.07 Å². The predicted molar refractivity (Wildman–Crippen MR) is 90.0 cm³/mol. The topological polar surface area (TPSA) is 37.3 Å². The van der Waals surface area contributed by atoms with Gasteiger partial charge in [-0.3, -0.25) is 0 Å². The van der Waals surface area contributed by atoms with Gasteiger partial charge in [-0.2, -0.15) is 13.2 Å². The minimum absolute atomic E-state index is 0.134. The Kier molecular flexibility index (Phi) is 4.66. The number of hydrogen-bond donors (Lipinski definition) is 1.